The average molecular weight is 208 g/mol. The van der Waals surface area contributed by atoms with E-state index in [0.29, 0.717) is 5.69 Å². The fourth-order valence-electron chi connectivity index (χ4n) is 1.36. The van der Waals surface area contributed by atoms with E-state index in [0.717, 1.165) is 4.88 Å². The van der Waals surface area contributed by atoms with Crippen LogP contribution in [0, 0.1) is 0 Å². The monoisotopic (exact) mass is 208 g/mol. The molecule has 3 nitrogen and oxygen atoms in total. The minimum absolute atomic E-state index is 0.683. The number of aryl methyl sites for hydroxylation is 1. The Kier molecular flexibility index (Phi) is 2.17. The molecular weight excluding hydrogens is 196 g/mol. The number of thiophene rings is 1. The summed E-state index contributed by atoms with van der Waals surface area (Å²) >= 11 is 1.53. The standard InChI is InChI=1S/C10H12N2OS/c1-10(13,9-4-3-7-14-9)8-5-6-12(2)11-8/h3-7,13H,1-2H3. The van der Waals surface area contributed by atoms with Crippen molar-refractivity contribution in [3.63, 3.8) is 0 Å². The van der Waals surface area contributed by atoms with Gasteiger partial charge >= 0.3 is 0 Å². The second-order valence-corrected chi connectivity index (χ2v) is 4.37. The molecule has 0 spiro atoms. The highest BCUT2D eigenvalue weighted by Crippen LogP contribution is 2.30. The summed E-state index contributed by atoms with van der Waals surface area (Å²) in [7, 11) is 1.84. The van der Waals surface area contributed by atoms with Crippen molar-refractivity contribution in [2.24, 2.45) is 7.05 Å². The van der Waals surface area contributed by atoms with E-state index in [-0.39, 0.29) is 0 Å². The Bertz CT molecular complexity index is 417. The normalized spacial score (nSPS) is 15.4. The molecule has 0 radical (unpaired) electrons. The number of nitrogens with zero attached hydrogens (tertiary/aromatic N) is 2. The van der Waals surface area contributed by atoms with Crippen molar-refractivity contribution in [2.45, 2.75) is 12.5 Å². The number of rotatable bonds is 2. The van der Waals surface area contributed by atoms with E-state index in [1.165, 1.54) is 11.3 Å². The molecule has 0 amide bonds. The summed E-state index contributed by atoms with van der Waals surface area (Å²) in [5.74, 6) is 0. The summed E-state index contributed by atoms with van der Waals surface area (Å²) in [6.07, 6.45) is 1.83. The van der Waals surface area contributed by atoms with Gasteiger partial charge in [0, 0.05) is 18.1 Å². The topological polar surface area (TPSA) is 38.0 Å². The van der Waals surface area contributed by atoms with Gasteiger partial charge in [-0.2, -0.15) is 5.10 Å². The van der Waals surface area contributed by atoms with Crippen molar-refractivity contribution in [1.82, 2.24) is 9.78 Å². The van der Waals surface area contributed by atoms with Gasteiger partial charge in [-0.25, -0.2) is 0 Å². The van der Waals surface area contributed by atoms with Crippen molar-refractivity contribution in [2.75, 3.05) is 0 Å². The van der Waals surface area contributed by atoms with E-state index in [4.69, 9.17) is 0 Å². The highest BCUT2D eigenvalue weighted by Gasteiger charge is 2.28. The van der Waals surface area contributed by atoms with Gasteiger partial charge in [-0.1, -0.05) is 6.07 Å². The number of hydrogen-bond donors (Lipinski definition) is 1. The molecule has 1 N–H and O–H groups in total. The van der Waals surface area contributed by atoms with Crippen molar-refractivity contribution >= 4 is 11.3 Å². The molecule has 0 bridgehead atoms. The van der Waals surface area contributed by atoms with Gasteiger partial charge in [0.05, 0.1) is 5.69 Å². The fraction of sp³-hybridized carbons (Fsp3) is 0.300. The van der Waals surface area contributed by atoms with Gasteiger partial charge in [-0.3, -0.25) is 4.68 Å². The van der Waals surface area contributed by atoms with E-state index < -0.39 is 5.60 Å². The van der Waals surface area contributed by atoms with Gasteiger partial charge in [0.2, 0.25) is 0 Å². The van der Waals surface area contributed by atoms with Gasteiger partial charge in [0.15, 0.2) is 0 Å². The number of hydrogen-bond acceptors (Lipinski definition) is 3. The highest BCUT2D eigenvalue weighted by atomic mass is 32.1. The lowest BCUT2D eigenvalue weighted by Crippen LogP contribution is -2.22. The van der Waals surface area contributed by atoms with E-state index in [1.807, 2.05) is 36.8 Å². The second-order valence-electron chi connectivity index (χ2n) is 3.42. The molecule has 0 aliphatic rings. The lowest BCUT2D eigenvalue weighted by atomic mass is 10.0. The molecule has 0 saturated heterocycles. The van der Waals surface area contributed by atoms with Crippen molar-refractivity contribution < 1.29 is 5.11 Å². The van der Waals surface area contributed by atoms with E-state index >= 15 is 0 Å². The third-order valence-corrected chi connectivity index (χ3v) is 3.29. The Morgan fingerprint density at radius 3 is 2.79 bits per heavy atom. The lowest BCUT2D eigenvalue weighted by Gasteiger charge is -2.18. The van der Waals surface area contributed by atoms with Crippen LogP contribution in [0.15, 0.2) is 29.8 Å². The van der Waals surface area contributed by atoms with Crippen molar-refractivity contribution in [1.29, 1.82) is 0 Å². The molecule has 0 aliphatic heterocycles. The third kappa shape index (κ3) is 1.47. The van der Waals surface area contributed by atoms with Gasteiger partial charge in [0.25, 0.3) is 0 Å². The Hall–Kier alpha value is -1.13. The van der Waals surface area contributed by atoms with Crippen LogP contribution in [-0.4, -0.2) is 14.9 Å². The first kappa shape index (κ1) is 9.43. The number of aromatic nitrogens is 2. The van der Waals surface area contributed by atoms with E-state index in [9.17, 15) is 5.11 Å². The van der Waals surface area contributed by atoms with E-state index in [1.54, 1.807) is 11.6 Å². The molecule has 0 saturated carbocycles. The largest absolute Gasteiger partial charge is 0.378 e. The smallest absolute Gasteiger partial charge is 0.140 e. The van der Waals surface area contributed by atoms with Crippen LogP contribution < -0.4 is 0 Å². The van der Waals surface area contributed by atoms with Crippen LogP contribution in [0.4, 0.5) is 0 Å². The molecule has 1 atom stereocenters. The van der Waals surface area contributed by atoms with Gasteiger partial charge in [-0.05, 0) is 24.4 Å². The van der Waals surface area contributed by atoms with Crippen LogP contribution in [0.3, 0.4) is 0 Å². The zero-order valence-electron chi connectivity index (χ0n) is 8.14. The Morgan fingerprint density at radius 2 is 2.29 bits per heavy atom. The van der Waals surface area contributed by atoms with Crippen LogP contribution in [0.25, 0.3) is 0 Å². The number of aliphatic hydroxyl groups is 1. The van der Waals surface area contributed by atoms with Crippen molar-refractivity contribution in [3.05, 3.63) is 40.3 Å². The molecule has 2 aromatic heterocycles. The second kappa shape index (κ2) is 3.22. The first-order valence-corrected chi connectivity index (χ1v) is 5.25. The minimum atomic E-state index is -0.977. The van der Waals surface area contributed by atoms with Crippen LogP contribution in [0.2, 0.25) is 0 Å². The molecular formula is C10H12N2OS. The summed E-state index contributed by atoms with van der Waals surface area (Å²) < 4.78 is 1.69. The Balaban J connectivity index is 2.42. The summed E-state index contributed by atoms with van der Waals surface area (Å²) in [5.41, 5.74) is -0.294. The first-order chi connectivity index (χ1) is 6.60. The third-order valence-electron chi connectivity index (χ3n) is 2.21. The minimum Gasteiger partial charge on any atom is -0.378 e. The molecule has 2 heterocycles. The predicted octanol–water partition coefficient (Wildman–Crippen LogP) is 1.74. The molecule has 4 heteroatoms. The molecule has 0 fully saturated rings. The quantitative estimate of drug-likeness (QED) is 0.816. The molecule has 2 rings (SSSR count). The van der Waals surface area contributed by atoms with Crippen molar-refractivity contribution in [3.8, 4) is 0 Å². The maximum Gasteiger partial charge on any atom is 0.140 e. The van der Waals surface area contributed by atoms with Crippen LogP contribution in [0.5, 0.6) is 0 Å². The predicted molar refractivity (Wildman–Crippen MR) is 56.2 cm³/mol. The lowest BCUT2D eigenvalue weighted by molar-refractivity contribution is 0.101. The zero-order chi connectivity index (χ0) is 10.2. The molecule has 14 heavy (non-hydrogen) atoms. The summed E-state index contributed by atoms with van der Waals surface area (Å²) in [6.45, 7) is 1.77. The van der Waals surface area contributed by atoms with E-state index in [2.05, 4.69) is 5.10 Å². The maximum absolute atomic E-state index is 10.3. The highest BCUT2D eigenvalue weighted by molar-refractivity contribution is 7.10. The molecule has 0 aromatic carbocycles. The fourth-order valence-corrected chi connectivity index (χ4v) is 2.15. The Morgan fingerprint density at radius 1 is 1.50 bits per heavy atom. The van der Waals surface area contributed by atoms with Gasteiger partial charge in [0.1, 0.15) is 5.60 Å². The molecule has 2 aromatic rings. The van der Waals surface area contributed by atoms with Crippen LogP contribution >= 0.6 is 11.3 Å². The van der Waals surface area contributed by atoms with Crippen LogP contribution in [-0.2, 0) is 12.6 Å². The SMILES string of the molecule is Cn1ccc(C(C)(O)c2cccs2)n1. The van der Waals surface area contributed by atoms with Gasteiger partial charge < -0.3 is 5.11 Å². The summed E-state index contributed by atoms with van der Waals surface area (Å²) in [4.78, 5) is 0.913. The zero-order valence-corrected chi connectivity index (χ0v) is 8.95. The summed E-state index contributed by atoms with van der Waals surface area (Å²) in [6, 6.07) is 5.68. The Labute approximate surface area is 86.6 Å². The molecule has 1 unspecified atom stereocenters. The van der Waals surface area contributed by atoms with Crippen LogP contribution in [0.1, 0.15) is 17.5 Å². The summed E-state index contributed by atoms with van der Waals surface area (Å²) in [5, 5.41) is 16.5. The molecule has 0 aliphatic carbocycles. The first-order valence-electron chi connectivity index (χ1n) is 4.37. The van der Waals surface area contributed by atoms with Gasteiger partial charge in [-0.15, -0.1) is 11.3 Å². The maximum atomic E-state index is 10.3. The average Bonchev–Trinajstić information content (AvgIpc) is 2.72. The molecule has 74 valence electrons.